The smallest absolute Gasteiger partial charge is 0.325 e. The number of benzene rings is 1. The second-order valence-corrected chi connectivity index (χ2v) is 4.20. The molecule has 0 aliphatic carbocycles. The Bertz CT molecular complexity index is 572. The van der Waals surface area contributed by atoms with Gasteiger partial charge < -0.3 is 14.8 Å². The number of aliphatic carboxylic acids is 1. The molecule has 6 nitrogen and oxygen atoms in total. The number of oxazole rings is 1. The van der Waals surface area contributed by atoms with Crippen molar-refractivity contribution in [3.05, 3.63) is 30.2 Å². The lowest BCUT2D eigenvalue weighted by Gasteiger charge is -2.07. The lowest BCUT2D eigenvalue weighted by molar-refractivity contribution is -0.141. The summed E-state index contributed by atoms with van der Waals surface area (Å²) in [5.41, 5.74) is 1.42. The quantitative estimate of drug-likeness (QED) is 0.848. The second kappa shape index (κ2) is 5.51. The van der Waals surface area contributed by atoms with E-state index in [-0.39, 0.29) is 12.3 Å². The van der Waals surface area contributed by atoms with Gasteiger partial charge in [-0.2, -0.15) is 0 Å². The molecule has 1 amide bonds. The van der Waals surface area contributed by atoms with Crippen LogP contribution in [0.4, 0.5) is 0 Å². The van der Waals surface area contributed by atoms with Gasteiger partial charge in [-0.05, 0) is 19.1 Å². The number of carbonyl (C=O) groups is 2. The Labute approximate surface area is 109 Å². The number of carbonyl (C=O) groups excluding carboxylic acids is 1. The number of carboxylic acids is 1. The molecule has 100 valence electrons. The summed E-state index contributed by atoms with van der Waals surface area (Å²) in [6, 6.07) is 6.44. The van der Waals surface area contributed by atoms with Gasteiger partial charge in [-0.3, -0.25) is 9.59 Å². The number of fused-ring (bicyclic) bond motifs is 1. The number of hydrogen-bond acceptors (Lipinski definition) is 4. The zero-order valence-corrected chi connectivity index (χ0v) is 10.4. The normalized spacial score (nSPS) is 12.3. The van der Waals surface area contributed by atoms with Gasteiger partial charge in [0, 0.05) is 12.8 Å². The molecule has 0 radical (unpaired) electrons. The number of nitrogens with zero attached hydrogens (tertiary/aromatic N) is 1. The first-order valence-electron chi connectivity index (χ1n) is 5.93. The number of rotatable bonds is 5. The van der Waals surface area contributed by atoms with E-state index in [0.717, 1.165) is 5.52 Å². The van der Waals surface area contributed by atoms with Gasteiger partial charge in [0.2, 0.25) is 5.91 Å². The fourth-order valence-electron chi connectivity index (χ4n) is 1.62. The monoisotopic (exact) mass is 262 g/mol. The minimum Gasteiger partial charge on any atom is -0.480 e. The summed E-state index contributed by atoms with van der Waals surface area (Å²) in [5.74, 6) is -0.924. The van der Waals surface area contributed by atoms with E-state index >= 15 is 0 Å². The Kier molecular flexibility index (Phi) is 3.79. The lowest BCUT2D eigenvalue weighted by Crippen LogP contribution is -2.38. The van der Waals surface area contributed by atoms with Crippen LogP contribution in [0.1, 0.15) is 19.2 Å². The topological polar surface area (TPSA) is 92.4 Å². The number of para-hydroxylation sites is 2. The third kappa shape index (κ3) is 3.31. The van der Waals surface area contributed by atoms with E-state index in [2.05, 4.69) is 10.3 Å². The molecule has 2 rings (SSSR count). The molecule has 1 aromatic heterocycles. The third-order valence-electron chi connectivity index (χ3n) is 2.65. The summed E-state index contributed by atoms with van der Waals surface area (Å²) in [5, 5.41) is 11.0. The maximum atomic E-state index is 11.5. The molecule has 0 aliphatic rings. The van der Waals surface area contributed by atoms with E-state index in [9.17, 15) is 9.59 Å². The molecule has 0 unspecified atom stereocenters. The van der Waals surface area contributed by atoms with E-state index in [1.54, 1.807) is 6.07 Å². The first kappa shape index (κ1) is 13.1. The summed E-state index contributed by atoms with van der Waals surface area (Å²) in [6.45, 7) is 1.42. The fourth-order valence-corrected chi connectivity index (χ4v) is 1.62. The van der Waals surface area contributed by atoms with Crippen LogP contribution in [-0.2, 0) is 16.0 Å². The predicted octanol–water partition coefficient (Wildman–Crippen LogP) is 1.35. The van der Waals surface area contributed by atoms with Crippen molar-refractivity contribution in [3.8, 4) is 0 Å². The van der Waals surface area contributed by atoms with Crippen LogP contribution in [0, 0.1) is 0 Å². The van der Waals surface area contributed by atoms with Crippen LogP contribution in [0.25, 0.3) is 11.1 Å². The molecule has 0 aliphatic heterocycles. The Morgan fingerprint density at radius 3 is 2.84 bits per heavy atom. The van der Waals surface area contributed by atoms with Gasteiger partial charge in [0.25, 0.3) is 0 Å². The highest BCUT2D eigenvalue weighted by Gasteiger charge is 2.14. The molecule has 1 heterocycles. The average Bonchev–Trinajstić information content (AvgIpc) is 2.78. The highest BCUT2D eigenvalue weighted by atomic mass is 16.4. The molecule has 1 atom stereocenters. The van der Waals surface area contributed by atoms with E-state index in [1.807, 2.05) is 18.2 Å². The minimum atomic E-state index is -1.06. The Balaban J connectivity index is 1.91. The number of aromatic nitrogens is 1. The standard InChI is InChI=1S/C13H14N2O4/c1-8(13(17)18)14-11(16)6-7-12-15-9-4-2-3-5-10(9)19-12/h2-5,8H,6-7H2,1H3,(H,14,16)(H,17,18)/t8-/m0/s1. The highest BCUT2D eigenvalue weighted by Crippen LogP contribution is 2.15. The highest BCUT2D eigenvalue weighted by molar-refractivity contribution is 5.83. The number of aryl methyl sites for hydroxylation is 1. The number of carboxylic acid groups (broad SMARTS) is 1. The molecule has 0 bridgehead atoms. The molecule has 2 N–H and O–H groups in total. The van der Waals surface area contributed by atoms with E-state index in [4.69, 9.17) is 9.52 Å². The van der Waals surface area contributed by atoms with Gasteiger partial charge in [-0.15, -0.1) is 0 Å². The first-order chi connectivity index (χ1) is 9.06. The van der Waals surface area contributed by atoms with Crippen LogP contribution in [0.15, 0.2) is 28.7 Å². The van der Waals surface area contributed by atoms with Crippen molar-refractivity contribution >= 4 is 23.0 Å². The largest absolute Gasteiger partial charge is 0.480 e. The van der Waals surface area contributed by atoms with Crippen molar-refractivity contribution in [3.63, 3.8) is 0 Å². The molecule has 19 heavy (non-hydrogen) atoms. The minimum absolute atomic E-state index is 0.143. The van der Waals surface area contributed by atoms with Gasteiger partial charge >= 0.3 is 5.97 Å². The van der Waals surface area contributed by atoms with E-state index < -0.39 is 12.0 Å². The van der Waals surface area contributed by atoms with Crippen molar-refractivity contribution in [2.75, 3.05) is 0 Å². The Morgan fingerprint density at radius 2 is 2.16 bits per heavy atom. The molecular formula is C13H14N2O4. The maximum absolute atomic E-state index is 11.5. The Hall–Kier alpha value is -2.37. The van der Waals surface area contributed by atoms with Crippen LogP contribution in [0.2, 0.25) is 0 Å². The fraction of sp³-hybridized carbons (Fsp3) is 0.308. The predicted molar refractivity (Wildman–Crippen MR) is 67.6 cm³/mol. The maximum Gasteiger partial charge on any atom is 0.325 e. The summed E-state index contributed by atoms with van der Waals surface area (Å²) in [6.07, 6.45) is 0.483. The van der Waals surface area contributed by atoms with Crippen molar-refractivity contribution < 1.29 is 19.1 Å². The summed E-state index contributed by atoms with van der Waals surface area (Å²) in [7, 11) is 0. The molecule has 0 fully saturated rings. The van der Waals surface area contributed by atoms with Crippen LogP contribution in [0.5, 0.6) is 0 Å². The first-order valence-corrected chi connectivity index (χ1v) is 5.93. The molecule has 0 spiro atoms. The van der Waals surface area contributed by atoms with Gasteiger partial charge in [-0.1, -0.05) is 12.1 Å². The van der Waals surface area contributed by atoms with Crippen LogP contribution in [-0.4, -0.2) is 28.0 Å². The third-order valence-corrected chi connectivity index (χ3v) is 2.65. The van der Waals surface area contributed by atoms with Gasteiger partial charge in [0.05, 0.1) is 0 Å². The average molecular weight is 262 g/mol. The van der Waals surface area contributed by atoms with Crippen molar-refractivity contribution in [1.82, 2.24) is 10.3 Å². The van der Waals surface area contributed by atoms with E-state index in [1.165, 1.54) is 6.92 Å². The molecule has 2 aromatic rings. The molecule has 0 saturated carbocycles. The van der Waals surface area contributed by atoms with Crippen LogP contribution in [0.3, 0.4) is 0 Å². The zero-order valence-electron chi connectivity index (χ0n) is 10.4. The lowest BCUT2D eigenvalue weighted by atomic mass is 10.2. The zero-order chi connectivity index (χ0) is 13.8. The summed E-state index contributed by atoms with van der Waals surface area (Å²) < 4.78 is 5.46. The number of hydrogen-bond donors (Lipinski definition) is 2. The SMILES string of the molecule is C[C@H](NC(=O)CCc1nc2ccccc2o1)C(=O)O. The van der Waals surface area contributed by atoms with Gasteiger partial charge in [0.15, 0.2) is 11.5 Å². The second-order valence-electron chi connectivity index (χ2n) is 4.20. The number of nitrogens with one attached hydrogen (secondary N) is 1. The van der Waals surface area contributed by atoms with Gasteiger partial charge in [-0.25, -0.2) is 4.98 Å². The summed E-state index contributed by atoms with van der Waals surface area (Å²) in [4.78, 5) is 26.3. The summed E-state index contributed by atoms with van der Waals surface area (Å²) >= 11 is 0. The van der Waals surface area contributed by atoms with Crippen molar-refractivity contribution in [1.29, 1.82) is 0 Å². The van der Waals surface area contributed by atoms with Crippen molar-refractivity contribution in [2.45, 2.75) is 25.8 Å². The molecule has 0 saturated heterocycles. The number of amides is 1. The van der Waals surface area contributed by atoms with Crippen LogP contribution < -0.4 is 5.32 Å². The molecule has 1 aromatic carbocycles. The Morgan fingerprint density at radius 1 is 1.42 bits per heavy atom. The molecular weight excluding hydrogens is 248 g/mol. The van der Waals surface area contributed by atoms with E-state index in [0.29, 0.717) is 17.9 Å². The van der Waals surface area contributed by atoms with Crippen molar-refractivity contribution in [2.24, 2.45) is 0 Å². The van der Waals surface area contributed by atoms with Crippen LogP contribution >= 0.6 is 0 Å². The van der Waals surface area contributed by atoms with Gasteiger partial charge in [0.1, 0.15) is 11.6 Å². The molecule has 6 heteroatoms.